The maximum Gasteiger partial charge on any atom is 0.416 e. The van der Waals surface area contributed by atoms with Gasteiger partial charge in [0.05, 0.1) is 17.0 Å². The minimum atomic E-state index is -5.02. The second-order valence-electron chi connectivity index (χ2n) is 14.1. The highest BCUT2D eigenvalue weighted by molar-refractivity contribution is 14.1. The van der Waals surface area contributed by atoms with Crippen molar-refractivity contribution in [2.75, 3.05) is 0 Å². The Morgan fingerprint density at radius 1 is 0.600 bits per heavy atom. The van der Waals surface area contributed by atoms with Gasteiger partial charge in [-0.25, -0.2) is 8.78 Å². The van der Waals surface area contributed by atoms with E-state index in [0.29, 0.717) is 24.7 Å². The molecule has 0 N–H and O–H groups in total. The SMILES string of the molecule is N#CC1(c2ccccc2)C(c2ccccc2I)=C(c2ccccc2Br)C(c2cccc(F)c2)=C(c2ccccc2F)C1(c1ccc(Cl)cc1Cl)c1ccccc1C(F)(F)F. The van der Waals surface area contributed by atoms with E-state index in [2.05, 4.69) is 44.6 Å². The van der Waals surface area contributed by atoms with Gasteiger partial charge in [0.1, 0.15) is 17.0 Å². The van der Waals surface area contributed by atoms with Crippen LogP contribution in [0.1, 0.15) is 44.5 Å². The van der Waals surface area contributed by atoms with Crippen molar-refractivity contribution in [2.24, 2.45) is 0 Å². The van der Waals surface area contributed by atoms with Crippen molar-refractivity contribution in [3.63, 3.8) is 0 Å². The largest absolute Gasteiger partial charge is 0.416 e. The molecule has 2 unspecified atom stereocenters. The maximum atomic E-state index is 17.4. The monoisotopic (exact) mass is 1010 g/mol. The molecule has 0 aliphatic heterocycles. The number of nitriles is 1. The van der Waals surface area contributed by atoms with E-state index < -0.39 is 39.8 Å². The highest BCUT2D eigenvalue weighted by Gasteiger charge is 2.66. The molecular formula is C50H28BrCl2F5IN. The van der Waals surface area contributed by atoms with Crippen LogP contribution in [0.5, 0.6) is 0 Å². The number of alkyl halides is 3. The van der Waals surface area contributed by atoms with Gasteiger partial charge in [0, 0.05) is 23.7 Å². The molecule has 0 heterocycles. The lowest BCUT2D eigenvalue weighted by molar-refractivity contribution is -0.138. The summed E-state index contributed by atoms with van der Waals surface area (Å²) in [5.74, 6) is -1.45. The molecule has 296 valence electrons. The second kappa shape index (κ2) is 16.4. The Balaban J connectivity index is 1.87. The number of nitrogens with zero attached hydrogens (tertiary/aromatic N) is 1. The summed E-state index contributed by atoms with van der Waals surface area (Å²) in [7, 11) is 0. The van der Waals surface area contributed by atoms with Gasteiger partial charge in [0.15, 0.2) is 0 Å². The van der Waals surface area contributed by atoms with Crippen LogP contribution >= 0.6 is 61.7 Å². The van der Waals surface area contributed by atoms with Crippen molar-refractivity contribution < 1.29 is 22.0 Å². The zero-order chi connectivity index (χ0) is 42.4. The fourth-order valence-electron chi connectivity index (χ4n) is 8.79. The number of rotatable bonds is 7. The van der Waals surface area contributed by atoms with E-state index in [-0.39, 0.29) is 49.0 Å². The van der Waals surface area contributed by atoms with Crippen molar-refractivity contribution in [2.45, 2.75) is 17.0 Å². The van der Waals surface area contributed by atoms with Gasteiger partial charge in [0.2, 0.25) is 0 Å². The summed E-state index contributed by atoms with van der Waals surface area (Å²) in [4.78, 5) is 0. The molecule has 0 radical (unpaired) electrons. The quantitative estimate of drug-likeness (QED) is 0.115. The highest BCUT2D eigenvalue weighted by Crippen LogP contribution is 2.70. The molecular weight excluding hydrogens is 987 g/mol. The van der Waals surface area contributed by atoms with Gasteiger partial charge in [-0.05, 0) is 127 Å². The first-order valence-electron chi connectivity index (χ1n) is 18.5. The van der Waals surface area contributed by atoms with E-state index in [9.17, 15) is 5.26 Å². The van der Waals surface area contributed by atoms with Crippen LogP contribution in [0, 0.1) is 26.5 Å². The standard InChI is InChI=1S/C50H28BrCl2F5IN/c51-40-22-9-4-17-34(40)45-44(30-13-12-16-33(54)27-30)47(35-18-5-10-23-42(35)55)49(39-26-25-32(52)28-41(39)53,37-20-7-8-21-38(37)50(56,57)58)48(29-60,31-14-2-1-3-15-31)46(45)36-19-6-11-24-43(36)59/h1-28H. The smallest absolute Gasteiger partial charge is 0.207 e. The van der Waals surface area contributed by atoms with Crippen molar-refractivity contribution in [3.05, 3.63) is 244 Å². The molecule has 1 aliphatic carbocycles. The first-order valence-corrected chi connectivity index (χ1v) is 21.1. The Labute approximate surface area is 375 Å². The van der Waals surface area contributed by atoms with Crippen molar-refractivity contribution in [3.8, 4) is 6.07 Å². The molecule has 2 atom stereocenters. The predicted octanol–water partition coefficient (Wildman–Crippen LogP) is 15.6. The third kappa shape index (κ3) is 6.71. The minimum absolute atomic E-state index is 0.0254. The number of halogens is 9. The van der Waals surface area contributed by atoms with Gasteiger partial charge in [0.25, 0.3) is 0 Å². The zero-order valence-corrected chi connectivity index (χ0v) is 36.3. The molecule has 1 nitrogen and oxygen atoms in total. The van der Waals surface area contributed by atoms with Crippen molar-refractivity contribution in [1.29, 1.82) is 5.26 Å². The van der Waals surface area contributed by atoms with E-state index in [1.807, 2.05) is 24.3 Å². The van der Waals surface area contributed by atoms with Gasteiger partial charge in [-0.15, -0.1) is 0 Å². The highest BCUT2D eigenvalue weighted by atomic mass is 127. The van der Waals surface area contributed by atoms with Crippen LogP contribution in [-0.4, -0.2) is 0 Å². The molecule has 0 saturated carbocycles. The van der Waals surface area contributed by atoms with Gasteiger partial charge in [-0.3, -0.25) is 0 Å². The summed E-state index contributed by atoms with van der Waals surface area (Å²) >= 11 is 19.9. The summed E-state index contributed by atoms with van der Waals surface area (Å²) in [6.07, 6.45) is -5.02. The summed E-state index contributed by atoms with van der Waals surface area (Å²) in [5, 5.41) is 12.7. The fourth-order valence-corrected chi connectivity index (χ4v) is 10.5. The molecule has 8 rings (SSSR count). The second-order valence-corrected chi connectivity index (χ2v) is 17.0. The molecule has 0 bridgehead atoms. The molecule has 10 heteroatoms. The fraction of sp³-hybridized carbons (Fsp3) is 0.0600. The van der Waals surface area contributed by atoms with Crippen LogP contribution in [0.4, 0.5) is 22.0 Å². The molecule has 0 aromatic heterocycles. The third-order valence-corrected chi connectivity index (χ3v) is 13.1. The number of hydrogen-bond acceptors (Lipinski definition) is 1. The lowest BCUT2D eigenvalue weighted by Crippen LogP contribution is -2.54. The average Bonchev–Trinajstić information content (AvgIpc) is 3.23. The Hall–Kier alpha value is -5.05. The molecule has 0 spiro atoms. The number of allylic oxidation sites excluding steroid dienone is 4. The van der Waals surface area contributed by atoms with Crippen molar-refractivity contribution in [1.82, 2.24) is 0 Å². The van der Waals surface area contributed by atoms with Crippen LogP contribution in [0.25, 0.3) is 22.3 Å². The van der Waals surface area contributed by atoms with E-state index in [1.165, 1.54) is 72.8 Å². The van der Waals surface area contributed by atoms with E-state index >= 15 is 22.0 Å². The summed E-state index contributed by atoms with van der Waals surface area (Å²) in [6, 6.07) is 46.5. The Kier molecular flexibility index (Phi) is 11.4. The first kappa shape index (κ1) is 41.7. The van der Waals surface area contributed by atoms with Gasteiger partial charge in [-0.2, -0.15) is 18.4 Å². The zero-order valence-electron chi connectivity index (χ0n) is 31.0. The van der Waals surface area contributed by atoms with Crippen LogP contribution in [0.2, 0.25) is 10.0 Å². The maximum absolute atomic E-state index is 17.4. The van der Waals surface area contributed by atoms with Gasteiger partial charge in [-0.1, -0.05) is 160 Å². The molecule has 7 aromatic rings. The first-order chi connectivity index (χ1) is 28.9. The Morgan fingerprint density at radius 3 is 1.88 bits per heavy atom. The van der Waals surface area contributed by atoms with Crippen LogP contribution < -0.4 is 0 Å². The number of hydrogen-bond donors (Lipinski definition) is 0. The molecule has 1 aliphatic rings. The van der Waals surface area contributed by atoms with E-state index in [1.54, 1.807) is 66.7 Å². The van der Waals surface area contributed by atoms with Crippen LogP contribution in [0.3, 0.4) is 0 Å². The summed E-state index contributed by atoms with van der Waals surface area (Å²) in [5.41, 5.74) is -4.04. The van der Waals surface area contributed by atoms with E-state index in [4.69, 9.17) is 23.2 Å². The summed E-state index contributed by atoms with van der Waals surface area (Å²) < 4.78 is 82.7. The van der Waals surface area contributed by atoms with Crippen LogP contribution in [-0.2, 0) is 17.0 Å². The Morgan fingerprint density at radius 2 is 1.23 bits per heavy atom. The van der Waals surface area contributed by atoms with Crippen molar-refractivity contribution >= 4 is 84.0 Å². The lowest BCUT2D eigenvalue weighted by atomic mass is 9.43. The molecule has 60 heavy (non-hydrogen) atoms. The van der Waals surface area contributed by atoms with Crippen LogP contribution in [0.15, 0.2) is 174 Å². The van der Waals surface area contributed by atoms with E-state index in [0.717, 1.165) is 6.07 Å². The molecule has 7 aromatic carbocycles. The predicted molar refractivity (Wildman–Crippen MR) is 242 cm³/mol. The Bertz CT molecular complexity index is 2920. The topological polar surface area (TPSA) is 23.8 Å². The normalized spacial score (nSPS) is 18.1. The summed E-state index contributed by atoms with van der Waals surface area (Å²) in [6.45, 7) is 0. The molecule has 0 amide bonds. The minimum Gasteiger partial charge on any atom is -0.207 e. The molecule has 0 saturated heterocycles. The average molecular weight is 1020 g/mol. The third-order valence-electron chi connectivity index (χ3n) is 11.0. The molecule has 0 fully saturated rings. The lowest BCUT2D eigenvalue weighted by Gasteiger charge is -2.55. The van der Waals surface area contributed by atoms with Gasteiger partial charge < -0.3 is 0 Å². The number of benzene rings is 7. The van der Waals surface area contributed by atoms with Gasteiger partial charge >= 0.3 is 6.18 Å².